The number of aromatic nitrogens is 2. The number of aliphatic hydroxyl groups excluding tert-OH is 1. The molecular weight excluding hydrogens is 598 g/mol. The van der Waals surface area contributed by atoms with E-state index >= 15 is 0 Å². The van der Waals surface area contributed by atoms with Crippen LogP contribution in [0.25, 0.3) is 11.4 Å². The maximum Gasteiger partial charge on any atom is 0.137 e. The van der Waals surface area contributed by atoms with Crippen molar-refractivity contribution < 1.29 is 5.11 Å². The fraction of sp³-hybridized carbons (Fsp3) is 0.276. The average Bonchev–Trinajstić information content (AvgIpc) is 3.31. The van der Waals surface area contributed by atoms with E-state index in [4.69, 9.17) is 28.2 Å². The number of aromatic amines is 1. The smallest absolute Gasteiger partial charge is 0.137 e. The number of aryl methyl sites for hydroxylation is 1. The van der Waals surface area contributed by atoms with Crippen LogP contribution in [0.15, 0.2) is 78.9 Å². The number of imidazole rings is 1. The lowest BCUT2D eigenvalue weighted by atomic mass is 9.80. The van der Waals surface area contributed by atoms with Gasteiger partial charge < -0.3 is 15.4 Å². The molecule has 0 radical (unpaired) electrons. The van der Waals surface area contributed by atoms with Gasteiger partial charge in [0.2, 0.25) is 0 Å². The Hall–Kier alpha value is -1.80. The van der Waals surface area contributed by atoms with E-state index in [-0.39, 0.29) is 49.2 Å². The monoisotopic (exact) mass is 628 g/mol. The highest BCUT2D eigenvalue weighted by Gasteiger charge is 2.38. The molecule has 2 unspecified atom stereocenters. The minimum atomic E-state index is -0.826. The first-order valence-corrected chi connectivity index (χ1v) is 13.0. The molecule has 39 heavy (non-hydrogen) atoms. The van der Waals surface area contributed by atoms with Gasteiger partial charge in [-0.15, -0.1) is 37.2 Å². The summed E-state index contributed by atoms with van der Waals surface area (Å²) in [5.41, 5.74) is 4.70. The van der Waals surface area contributed by atoms with E-state index < -0.39 is 6.10 Å². The summed E-state index contributed by atoms with van der Waals surface area (Å²) in [6, 6.07) is 25.6. The van der Waals surface area contributed by atoms with Gasteiger partial charge in [0.25, 0.3) is 0 Å². The van der Waals surface area contributed by atoms with Crippen LogP contribution in [-0.4, -0.2) is 52.2 Å². The minimum absolute atomic E-state index is 0. The topological polar surface area (TPSA) is 64.2 Å². The van der Waals surface area contributed by atoms with Crippen LogP contribution in [0, 0.1) is 6.92 Å². The van der Waals surface area contributed by atoms with Gasteiger partial charge in [-0.1, -0.05) is 77.8 Å². The molecule has 0 bridgehead atoms. The summed E-state index contributed by atoms with van der Waals surface area (Å²) in [6.45, 7) is 5.37. The van der Waals surface area contributed by atoms with Crippen molar-refractivity contribution in [3.63, 3.8) is 0 Å². The summed E-state index contributed by atoms with van der Waals surface area (Å²) in [5.74, 6) is 0.639. The number of halogens is 5. The predicted octanol–water partition coefficient (Wildman–Crippen LogP) is 7.10. The van der Waals surface area contributed by atoms with Crippen LogP contribution < -0.4 is 5.32 Å². The lowest BCUT2D eigenvalue weighted by Crippen LogP contribution is -2.52. The molecule has 0 saturated carbocycles. The molecule has 0 aliphatic carbocycles. The second-order valence-electron chi connectivity index (χ2n) is 9.26. The Kier molecular flexibility index (Phi) is 13.1. The van der Waals surface area contributed by atoms with Gasteiger partial charge >= 0.3 is 0 Å². The highest BCUT2D eigenvalue weighted by molar-refractivity contribution is 6.30. The van der Waals surface area contributed by atoms with Gasteiger partial charge in [-0.3, -0.25) is 4.90 Å². The molecule has 2 atom stereocenters. The highest BCUT2D eigenvalue weighted by atomic mass is 35.5. The molecule has 0 spiro atoms. The SMILES string of the molecule is Cc1[nH]c(-c2ccccc2)nc1C(O)C(C(c1ccc(Cl)cc1)c1ccc(Cl)cc1)N1CCNCC1.Cl.Cl.Cl. The molecule has 2 heterocycles. The molecule has 10 heteroatoms. The van der Waals surface area contributed by atoms with Crippen LogP contribution in [0.5, 0.6) is 0 Å². The van der Waals surface area contributed by atoms with Crippen molar-refractivity contribution in [1.29, 1.82) is 0 Å². The van der Waals surface area contributed by atoms with Gasteiger partial charge in [-0.05, 0) is 42.3 Å². The molecule has 0 amide bonds. The normalized spacial score (nSPS) is 15.0. The van der Waals surface area contributed by atoms with Crippen molar-refractivity contribution in [3.8, 4) is 11.4 Å². The molecule has 1 saturated heterocycles. The van der Waals surface area contributed by atoms with Crippen molar-refractivity contribution in [2.75, 3.05) is 26.2 Å². The van der Waals surface area contributed by atoms with Crippen molar-refractivity contribution in [3.05, 3.63) is 111 Å². The van der Waals surface area contributed by atoms with Crippen molar-refractivity contribution in [2.45, 2.75) is 25.0 Å². The third-order valence-corrected chi connectivity index (χ3v) is 7.45. The van der Waals surface area contributed by atoms with Crippen LogP contribution >= 0.6 is 60.4 Å². The number of hydrogen-bond donors (Lipinski definition) is 3. The van der Waals surface area contributed by atoms with Crippen molar-refractivity contribution in [1.82, 2.24) is 20.2 Å². The number of aliphatic hydroxyl groups is 1. The van der Waals surface area contributed by atoms with Gasteiger partial charge in [-0.2, -0.15) is 0 Å². The fourth-order valence-electron chi connectivity index (χ4n) is 5.16. The molecule has 1 aromatic heterocycles. The molecule has 5 rings (SSSR count). The number of H-pyrrole nitrogens is 1. The number of piperazine rings is 1. The quantitative estimate of drug-likeness (QED) is 0.204. The molecule has 1 aliphatic heterocycles. The van der Waals surface area contributed by atoms with Gasteiger partial charge in [0, 0.05) is 53.4 Å². The summed E-state index contributed by atoms with van der Waals surface area (Å²) in [4.78, 5) is 10.7. The highest BCUT2D eigenvalue weighted by Crippen LogP contribution is 2.39. The Morgan fingerprint density at radius 3 is 1.82 bits per heavy atom. The van der Waals surface area contributed by atoms with Gasteiger partial charge in [-0.25, -0.2) is 4.98 Å². The van der Waals surface area contributed by atoms with E-state index in [0.717, 1.165) is 54.4 Å². The first-order chi connectivity index (χ1) is 17.5. The van der Waals surface area contributed by atoms with Crippen molar-refractivity contribution >= 4 is 60.4 Å². The van der Waals surface area contributed by atoms with Crippen LogP contribution in [0.4, 0.5) is 0 Å². The number of hydrogen-bond acceptors (Lipinski definition) is 4. The Morgan fingerprint density at radius 2 is 1.31 bits per heavy atom. The number of benzene rings is 3. The third kappa shape index (κ3) is 7.69. The van der Waals surface area contributed by atoms with E-state index in [9.17, 15) is 5.11 Å². The van der Waals surface area contributed by atoms with Crippen LogP contribution in [0.1, 0.15) is 34.5 Å². The minimum Gasteiger partial charge on any atom is -0.385 e. The zero-order chi connectivity index (χ0) is 25.1. The lowest BCUT2D eigenvalue weighted by molar-refractivity contribution is 0.0295. The number of nitrogens with zero attached hydrogens (tertiary/aromatic N) is 2. The number of nitrogens with one attached hydrogen (secondary N) is 2. The van der Waals surface area contributed by atoms with Gasteiger partial charge in [0.05, 0.1) is 11.7 Å². The molecule has 210 valence electrons. The summed E-state index contributed by atoms with van der Waals surface area (Å²) >= 11 is 12.5. The first-order valence-electron chi connectivity index (χ1n) is 12.3. The van der Waals surface area contributed by atoms with Crippen LogP contribution in [0.3, 0.4) is 0 Å². The van der Waals surface area contributed by atoms with E-state index in [1.807, 2.05) is 61.5 Å². The van der Waals surface area contributed by atoms with Gasteiger partial charge in [0.1, 0.15) is 11.9 Å². The maximum absolute atomic E-state index is 12.1. The van der Waals surface area contributed by atoms with E-state index in [0.29, 0.717) is 15.7 Å². The molecule has 1 aliphatic rings. The number of rotatable bonds is 7. The molecule has 4 aromatic rings. The molecular formula is C29H33Cl5N4O. The Balaban J connectivity index is 0.00000178. The first kappa shape index (κ1) is 33.4. The van der Waals surface area contributed by atoms with Crippen LogP contribution in [0.2, 0.25) is 10.0 Å². The standard InChI is InChI=1S/C29H30Cl2N4O.3ClH/c1-19-26(34-29(33-19)22-5-3-2-4-6-22)28(36)27(35-17-15-32-16-18-35)25(20-7-11-23(30)12-8-20)21-9-13-24(31)14-10-21;;;/h2-14,25,27-28,32,36H,15-18H2,1H3,(H,33,34);3*1H. The zero-order valence-electron chi connectivity index (χ0n) is 21.4. The lowest BCUT2D eigenvalue weighted by Gasteiger charge is -2.42. The Labute approximate surface area is 258 Å². The molecule has 1 fully saturated rings. The second kappa shape index (κ2) is 15.3. The Bertz CT molecular complexity index is 1230. The summed E-state index contributed by atoms with van der Waals surface area (Å²) in [7, 11) is 0. The largest absolute Gasteiger partial charge is 0.385 e. The average molecular weight is 631 g/mol. The zero-order valence-corrected chi connectivity index (χ0v) is 25.3. The van der Waals surface area contributed by atoms with E-state index in [1.54, 1.807) is 0 Å². The van der Waals surface area contributed by atoms with E-state index in [2.05, 4.69) is 39.5 Å². The molecule has 5 nitrogen and oxygen atoms in total. The summed E-state index contributed by atoms with van der Waals surface area (Å²) in [6.07, 6.45) is -0.826. The summed E-state index contributed by atoms with van der Waals surface area (Å²) in [5, 5.41) is 16.9. The van der Waals surface area contributed by atoms with Crippen LogP contribution in [-0.2, 0) is 0 Å². The maximum atomic E-state index is 12.1. The second-order valence-corrected chi connectivity index (χ2v) is 10.1. The summed E-state index contributed by atoms with van der Waals surface area (Å²) < 4.78 is 0. The third-order valence-electron chi connectivity index (χ3n) is 6.95. The van der Waals surface area contributed by atoms with Crippen molar-refractivity contribution in [2.24, 2.45) is 0 Å². The van der Waals surface area contributed by atoms with E-state index in [1.165, 1.54) is 0 Å². The fourth-order valence-corrected chi connectivity index (χ4v) is 5.41. The molecule has 3 aromatic carbocycles. The predicted molar refractivity (Wildman–Crippen MR) is 168 cm³/mol. The molecule has 3 N–H and O–H groups in total. The van der Waals surface area contributed by atoms with Gasteiger partial charge in [0.15, 0.2) is 0 Å². The Morgan fingerprint density at radius 1 is 0.795 bits per heavy atom.